The zero-order valence-corrected chi connectivity index (χ0v) is 15.8. The fraction of sp³-hybridized carbons (Fsp3) is 0.421. The van der Waals surface area contributed by atoms with Gasteiger partial charge in [-0.3, -0.25) is 9.59 Å². The number of hydrogen-bond acceptors (Lipinski definition) is 4. The molecule has 26 heavy (non-hydrogen) atoms. The van der Waals surface area contributed by atoms with Crippen molar-refractivity contribution >= 4 is 39.9 Å². The molecule has 2 atom stereocenters. The van der Waals surface area contributed by atoms with Gasteiger partial charge in [-0.15, -0.1) is 11.3 Å². The van der Waals surface area contributed by atoms with E-state index in [9.17, 15) is 9.59 Å². The predicted molar refractivity (Wildman–Crippen MR) is 102 cm³/mol. The van der Waals surface area contributed by atoms with E-state index in [1.165, 1.54) is 11.3 Å². The molecule has 1 aromatic heterocycles. The van der Waals surface area contributed by atoms with E-state index in [4.69, 9.17) is 11.6 Å². The van der Waals surface area contributed by atoms with Crippen LogP contribution >= 0.6 is 22.9 Å². The molecule has 0 spiro atoms. The average Bonchev–Trinajstić information content (AvgIpc) is 3.29. The van der Waals surface area contributed by atoms with Gasteiger partial charge in [-0.25, -0.2) is 4.98 Å². The number of hydrogen-bond donors (Lipinski definition) is 1. The number of halogens is 1. The van der Waals surface area contributed by atoms with Crippen molar-refractivity contribution in [3.8, 4) is 0 Å². The van der Waals surface area contributed by atoms with E-state index in [1.54, 1.807) is 6.20 Å². The topological polar surface area (TPSA) is 62.3 Å². The van der Waals surface area contributed by atoms with E-state index < -0.39 is 0 Å². The Kier molecular flexibility index (Phi) is 4.96. The summed E-state index contributed by atoms with van der Waals surface area (Å²) >= 11 is 7.67. The van der Waals surface area contributed by atoms with Gasteiger partial charge in [-0.2, -0.15) is 0 Å². The van der Waals surface area contributed by atoms with Gasteiger partial charge in [0.25, 0.3) is 0 Å². The molecule has 0 bridgehead atoms. The van der Waals surface area contributed by atoms with Crippen LogP contribution in [0.3, 0.4) is 0 Å². The van der Waals surface area contributed by atoms with Crippen LogP contribution in [-0.4, -0.2) is 34.8 Å². The molecule has 1 aliphatic heterocycles. The first-order chi connectivity index (χ1) is 12.6. The van der Waals surface area contributed by atoms with E-state index in [0.717, 1.165) is 17.0 Å². The second-order valence-corrected chi connectivity index (χ2v) is 8.20. The van der Waals surface area contributed by atoms with Crippen LogP contribution in [0.25, 0.3) is 0 Å². The Hall–Kier alpha value is -1.92. The number of amides is 2. The highest BCUT2D eigenvalue weighted by atomic mass is 35.5. The molecule has 7 heteroatoms. The molecule has 1 aromatic carbocycles. The van der Waals surface area contributed by atoms with Gasteiger partial charge in [0.1, 0.15) is 0 Å². The third kappa shape index (κ3) is 3.62. The fourth-order valence-corrected chi connectivity index (χ4v) is 4.48. The average molecular weight is 390 g/mol. The molecule has 136 valence electrons. The fourth-order valence-electron chi connectivity index (χ4n) is 3.68. The van der Waals surface area contributed by atoms with Crippen molar-refractivity contribution in [2.75, 3.05) is 18.4 Å². The van der Waals surface area contributed by atoms with Crippen molar-refractivity contribution in [1.29, 1.82) is 0 Å². The summed E-state index contributed by atoms with van der Waals surface area (Å²) in [6, 6.07) is 7.76. The third-order valence-electron chi connectivity index (χ3n) is 5.25. The lowest BCUT2D eigenvalue weighted by Crippen LogP contribution is -2.42. The van der Waals surface area contributed by atoms with E-state index in [-0.39, 0.29) is 29.6 Å². The second kappa shape index (κ2) is 7.37. The lowest BCUT2D eigenvalue weighted by Gasteiger charge is -2.31. The van der Waals surface area contributed by atoms with Gasteiger partial charge in [0, 0.05) is 41.5 Å². The molecule has 5 nitrogen and oxygen atoms in total. The van der Waals surface area contributed by atoms with Gasteiger partial charge in [0.05, 0.1) is 0 Å². The summed E-state index contributed by atoms with van der Waals surface area (Å²) in [6.07, 6.45) is 3.94. The van der Waals surface area contributed by atoms with Gasteiger partial charge in [0.2, 0.25) is 11.8 Å². The molecule has 1 aliphatic carbocycles. The maximum atomic E-state index is 12.8. The van der Waals surface area contributed by atoms with Crippen LogP contribution in [0.5, 0.6) is 0 Å². The molecule has 1 saturated carbocycles. The van der Waals surface area contributed by atoms with Gasteiger partial charge in [-0.05, 0) is 36.8 Å². The van der Waals surface area contributed by atoms with Crippen molar-refractivity contribution in [2.24, 2.45) is 11.8 Å². The zero-order valence-electron chi connectivity index (χ0n) is 14.2. The maximum Gasteiger partial charge on any atom is 0.229 e. The molecule has 4 rings (SSSR count). The van der Waals surface area contributed by atoms with Crippen LogP contribution in [-0.2, 0) is 9.59 Å². The van der Waals surface area contributed by atoms with Gasteiger partial charge >= 0.3 is 0 Å². The predicted octanol–water partition coefficient (Wildman–Crippen LogP) is 3.78. The molecule has 2 aliphatic rings. The molecule has 2 aromatic rings. The smallest absolute Gasteiger partial charge is 0.229 e. The zero-order chi connectivity index (χ0) is 18.1. The van der Waals surface area contributed by atoms with Crippen LogP contribution in [0.15, 0.2) is 35.8 Å². The Morgan fingerprint density at radius 3 is 2.69 bits per heavy atom. The van der Waals surface area contributed by atoms with Gasteiger partial charge in [-0.1, -0.05) is 29.8 Å². The summed E-state index contributed by atoms with van der Waals surface area (Å²) in [5.41, 5.74) is 1.07. The lowest BCUT2D eigenvalue weighted by atomic mass is 9.95. The van der Waals surface area contributed by atoms with E-state index in [0.29, 0.717) is 31.1 Å². The first-order valence-electron chi connectivity index (χ1n) is 8.87. The number of nitrogens with one attached hydrogen (secondary N) is 1. The number of thiazole rings is 1. The van der Waals surface area contributed by atoms with Crippen molar-refractivity contribution < 1.29 is 9.59 Å². The molecule has 0 unspecified atom stereocenters. The number of anilines is 1. The Morgan fingerprint density at radius 2 is 2.00 bits per heavy atom. The minimum atomic E-state index is -0.0542. The van der Waals surface area contributed by atoms with Crippen LogP contribution in [0.4, 0.5) is 5.13 Å². The summed E-state index contributed by atoms with van der Waals surface area (Å²) in [4.78, 5) is 31.1. The highest BCUT2D eigenvalue weighted by molar-refractivity contribution is 7.13. The Morgan fingerprint density at radius 1 is 1.23 bits per heavy atom. The SMILES string of the molecule is O=C(Nc1nccs1)C1CCN(C(=O)[C@@H]2C[C@@H]2c2ccccc2Cl)CC1. The summed E-state index contributed by atoms with van der Waals surface area (Å²) in [6.45, 7) is 1.28. The van der Waals surface area contributed by atoms with Crippen molar-refractivity contribution in [2.45, 2.75) is 25.2 Å². The first kappa shape index (κ1) is 17.5. The van der Waals surface area contributed by atoms with Crippen LogP contribution < -0.4 is 5.32 Å². The maximum absolute atomic E-state index is 12.8. The number of carbonyl (C=O) groups excluding carboxylic acids is 2. The first-order valence-corrected chi connectivity index (χ1v) is 10.1. The van der Waals surface area contributed by atoms with E-state index in [2.05, 4.69) is 10.3 Å². The minimum Gasteiger partial charge on any atom is -0.342 e. The van der Waals surface area contributed by atoms with Gasteiger partial charge in [0.15, 0.2) is 5.13 Å². The quantitative estimate of drug-likeness (QED) is 0.865. The second-order valence-electron chi connectivity index (χ2n) is 6.90. The molecule has 2 fully saturated rings. The Balaban J connectivity index is 1.29. The van der Waals surface area contributed by atoms with Crippen LogP contribution in [0.2, 0.25) is 5.02 Å². The number of aromatic nitrogens is 1. The molecule has 1 saturated heterocycles. The molecular weight excluding hydrogens is 370 g/mol. The Bertz CT molecular complexity index is 803. The number of likely N-dealkylation sites (tertiary alicyclic amines) is 1. The number of piperidine rings is 1. The molecular formula is C19H20ClN3O2S. The normalized spacial score (nSPS) is 22.9. The largest absolute Gasteiger partial charge is 0.342 e. The number of rotatable bonds is 4. The molecule has 1 N–H and O–H groups in total. The van der Waals surface area contributed by atoms with Gasteiger partial charge < -0.3 is 10.2 Å². The third-order valence-corrected chi connectivity index (χ3v) is 6.28. The summed E-state index contributed by atoms with van der Waals surface area (Å²) in [7, 11) is 0. The molecule has 2 heterocycles. The van der Waals surface area contributed by atoms with E-state index >= 15 is 0 Å². The summed E-state index contributed by atoms with van der Waals surface area (Å²) in [5, 5.41) is 6.07. The number of nitrogens with zero attached hydrogens (tertiary/aromatic N) is 2. The standard InChI is InChI=1S/C19H20ClN3O2S/c20-16-4-2-1-3-13(16)14-11-15(14)18(25)23-8-5-12(6-9-23)17(24)22-19-21-7-10-26-19/h1-4,7,10,12,14-15H,5-6,8-9,11H2,(H,21,22,24)/t14-,15-/m1/s1. The lowest BCUT2D eigenvalue weighted by molar-refractivity contribution is -0.135. The van der Waals surface area contributed by atoms with Crippen molar-refractivity contribution in [3.63, 3.8) is 0 Å². The molecule has 0 radical (unpaired) electrons. The Labute approximate surface area is 161 Å². The van der Waals surface area contributed by atoms with Crippen LogP contribution in [0.1, 0.15) is 30.7 Å². The van der Waals surface area contributed by atoms with Crippen molar-refractivity contribution in [1.82, 2.24) is 9.88 Å². The monoisotopic (exact) mass is 389 g/mol. The minimum absolute atomic E-state index is 0.00687. The summed E-state index contributed by atoms with van der Waals surface area (Å²) < 4.78 is 0. The number of carbonyl (C=O) groups is 2. The van der Waals surface area contributed by atoms with Crippen LogP contribution in [0, 0.1) is 11.8 Å². The summed E-state index contributed by atoms with van der Waals surface area (Å²) in [5.74, 6) is 0.431. The van der Waals surface area contributed by atoms with Crippen molar-refractivity contribution in [3.05, 3.63) is 46.4 Å². The highest BCUT2D eigenvalue weighted by Gasteiger charge is 2.47. The molecule has 2 amide bonds. The van der Waals surface area contributed by atoms with E-state index in [1.807, 2.05) is 34.5 Å². The number of benzene rings is 1. The highest BCUT2D eigenvalue weighted by Crippen LogP contribution is 2.50.